The third kappa shape index (κ3) is 3.14. The summed E-state index contributed by atoms with van der Waals surface area (Å²) in [6, 6.07) is 2.67. The zero-order chi connectivity index (χ0) is 14.0. The average molecular weight is 284 g/mol. The molecule has 1 aromatic carbocycles. The molecule has 1 fully saturated rings. The maximum Gasteiger partial charge on any atom is 0.294 e. The minimum atomic E-state index is -0.560. The topological polar surface area (TPSA) is 84.3 Å². The lowest BCUT2D eigenvalue weighted by Crippen LogP contribution is -2.25. The quantitative estimate of drug-likeness (QED) is 0.642. The van der Waals surface area contributed by atoms with Crippen LogP contribution in [0.4, 0.5) is 11.4 Å². The number of carbonyl (C=O) groups excluding carboxylic acids is 1. The monoisotopic (exact) mass is 283 g/mol. The Labute approximate surface area is 115 Å². The van der Waals surface area contributed by atoms with Crippen LogP contribution in [0.25, 0.3) is 0 Å². The van der Waals surface area contributed by atoms with E-state index >= 15 is 0 Å². The molecule has 0 bridgehead atoms. The Hall–Kier alpha value is -1.82. The minimum Gasteiger partial charge on any atom is -0.381 e. The van der Waals surface area contributed by atoms with Crippen LogP contribution in [0.15, 0.2) is 12.1 Å². The second-order valence-corrected chi connectivity index (χ2v) is 4.92. The number of nitrogens with one attached hydrogen (secondary N) is 2. The van der Waals surface area contributed by atoms with Gasteiger partial charge in [-0.2, -0.15) is 0 Å². The SMILES string of the molecule is CNc1c(Cl)cc(C(=O)NCC2CC2)cc1[N+](=O)[O-]. The lowest BCUT2D eigenvalue weighted by Gasteiger charge is -2.08. The van der Waals surface area contributed by atoms with Gasteiger partial charge in [0.1, 0.15) is 5.69 Å². The molecule has 19 heavy (non-hydrogen) atoms. The molecule has 2 N–H and O–H groups in total. The summed E-state index contributed by atoms with van der Waals surface area (Å²) in [4.78, 5) is 22.3. The van der Waals surface area contributed by atoms with Crippen molar-refractivity contribution in [2.75, 3.05) is 18.9 Å². The van der Waals surface area contributed by atoms with Gasteiger partial charge in [-0.1, -0.05) is 11.6 Å². The Kier molecular flexibility index (Phi) is 3.90. The first kappa shape index (κ1) is 13.6. The molecule has 0 heterocycles. The number of hydrogen-bond acceptors (Lipinski definition) is 4. The number of nitro benzene ring substituents is 1. The van der Waals surface area contributed by atoms with Crippen LogP contribution in [0, 0.1) is 16.0 Å². The van der Waals surface area contributed by atoms with Gasteiger partial charge >= 0.3 is 0 Å². The molecule has 7 heteroatoms. The molecule has 0 unspecified atom stereocenters. The van der Waals surface area contributed by atoms with Crippen molar-refractivity contribution in [1.82, 2.24) is 5.32 Å². The van der Waals surface area contributed by atoms with Crippen LogP contribution in [-0.4, -0.2) is 24.4 Å². The lowest BCUT2D eigenvalue weighted by atomic mass is 10.1. The highest BCUT2D eigenvalue weighted by Crippen LogP contribution is 2.33. The summed E-state index contributed by atoms with van der Waals surface area (Å²) >= 11 is 5.95. The Morgan fingerprint density at radius 3 is 2.74 bits per heavy atom. The second kappa shape index (κ2) is 5.44. The summed E-state index contributed by atoms with van der Waals surface area (Å²) in [5, 5.41) is 16.5. The van der Waals surface area contributed by atoms with Gasteiger partial charge in [0.2, 0.25) is 0 Å². The van der Waals surface area contributed by atoms with E-state index in [4.69, 9.17) is 11.6 Å². The molecule has 0 atom stereocenters. The Bertz CT molecular complexity index is 529. The number of carbonyl (C=O) groups is 1. The number of halogens is 1. The molecule has 6 nitrogen and oxygen atoms in total. The van der Waals surface area contributed by atoms with E-state index in [1.807, 2.05) is 0 Å². The molecular weight excluding hydrogens is 270 g/mol. The highest BCUT2D eigenvalue weighted by Gasteiger charge is 2.24. The van der Waals surface area contributed by atoms with Gasteiger partial charge in [0.25, 0.3) is 11.6 Å². The van der Waals surface area contributed by atoms with Crippen molar-refractivity contribution in [3.05, 3.63) is 32.8 Å². The van der Waals surface area contributed by atoms with Crippen LogP contribution < -0.4 is 10.6 Å². The highest BCUT2D eigenvalue weighted by molar-refractivity contribution is 6.34. The summed E-state index contributed by atoms with van der Waals surface area (Å²) in [6.07, 6.45) is 2.25. The van der Waals surface area contributed by atoms with Crippen LogP contribution in [0.2, 0.25) is 5.02 Å². The van der Waals surface area contributed by atoms with E-state index < -0.39 is 4.92 Å². The van der Waals surface area contributed by atoms with Crippen LogP contribution >= 0.6 is 11.6 Å². The summed E-state index contributed by atoms with van der Waals surface area (Å²) in [6.45, 7) is 0.609. The van der Waals surface area contributed by atoms with Crippen LogP contribution in [0.1, 0.15) is 23.2 Å². The van der Waals surface area contributed by atoms with E-state index in [9.17, 15) is 14.9 Å². The Morgan fingerprint density at radius 1 is 1.53 bits per heavy atom. The van der Waals surface area contributed by atoms with E-state index in [2.05, 4.69) is 10.6 Å². The van der Waals surface area contributed by atoms with E-state index in [1.54, 1.807) is 7.05 Å². The fourth-order valence-electron chi connectivity index (χ4n) is 1.78. The van der Waals surface area contributed by atoms with E-state index in [0.717, 1.165) is 12.8 Å². The number of amides is 1. The minimum absolute atomic E-state index is 0.160. The Morgan fingerprint density at radius 2 is 2.21 bits per heavy atom. The zero-order valence-corrected chi connectivity index (χ0v) is 11.2. The van der Waals surface area contributed by atoms with Crippen molar-refractivity contribution in [2.24, 2.45) is 5.92 Å². The van der Waals surface area contributed by atoms with Gasteiger partial charge in [0, 0.05) is 25.2 Å². The third-order valence-electron chi connectivity index (χ3n) is 3.03. The molecule has 0 spiro atoms. The fraction of sp³-hybridized carbons (Fsp3) is 0.417. The van der Waals surface area contributed by atoms with Crippen molar-refractivity contribution in [3.8, 4) is 0 Å². The number of nitro groups is 1. The predicted molar refractivity (Wildman–Crippen MR) is 72.7 cm³/mol. The molecule has 0 aliphatic heterocycles. The van der Waals surface area contributed by atoms with Crippen molar-refractivity contribution in [3.63, 3.8) is 0 Å². The van der Waals surface area contributed by atoms with Gasteiger partial charge in [-0.3, -0.25) is 14.9 Å². The first-order chi connectivity index (χ1) is 9.02. The molecule has 102 valence electrons. The van der Waals surface area contributed by atoms with Crippen LogP contribution in [0.3, 0.4) is 0 Å². The van der Waals surface area contributed by atoms with E-state index in [0.29, 0.717) is 12.5 Å². The standard InChI is InChI=1S/C12H14ClN3O3/c1-14-11-9(13)4-8(5-10(11)16(18)19)12(17)15-6-7-2-3-7/h4-5,7,14H,2-3,6H2,1H3,(H,15,17). The molecule has 1 aromatic rings. The van der Waals surface area contributed by atoms with Gasteiger partial charge in [0.15, 0.2) is 0 Å². The second-order valence-electron chi connectivity index (χ2n) is 4.51. The van der Waals surface area contributed by atoms with Gasteiger partial charge < -0.3 is 10.6 Å². The van der Waals surface area contributed by atoms with Crippen LogP contribution in [0.5, 0.6) is 0 Å². The van der Waals surface area contributed by atoms with Gasteiger partial charge in [-0.05, 0) is 24.8 Å². The van der Waals surface area contributed by atoms with Crippen molar-refractivity contribution >= 4 is 28.9 Å². The summed E-state index contributed by atoms with van der Waals surface area (Å²) in [7, 11) is 1.54. The average Bonchev–Trinajstić information content (AvgIpc) is 3.18. The Balaban J connectivity index is 2.24. The molecule has 0 saturated heterocycles. The number of benzene rings is 1. The van der Waals surface area contributed by atoms with Gasteiger partial charge in [0.05, 0.1) is 9.95 Å². The molecule has 0 radical (unpaired) electrons. The first-order valence-electron chi connectivity index (χ1n) is 5.96. The highest BCUT2D eigenvalue weighted by atomic mass is 35.5. The van der Waals surface area contributed by atoms with Gasteiger partial charge in [-0.25, -0.2) is 0 Å². The number of hydrogen-bond donors (Lipinski definition) is 2. The molecule has 1 aliphatic carbocycles. The van der Waals surface area contributed by atoms with Crippen molar-refractivity contribution < 1.29 is 9.72 Å². The number of nitrogens with zero attached hydrogens (tertiary/aromatic N) is 1. The largest absolute Gasteiger partial charge is 0.381 e. The maximum atomic E-state index is 11.9. The molecule has 1 amide bonds. The number of anilines is 1. The smallest absolute Gasteiger partial charge is 0.294 e. The normalized spacial score (nSPS) is 14.0. The molecule has 1 saturated carbocycles. The molecule has 1 aliphatic rings. The third-order valence-corrected chi connectivity index (χ3v) is 3.32. The first-order valence-corrected chi connectivity index (χ1v) is 6.34. The van der Waals surface area contributed by atoms with Gasteiger partial charge in [-0.15, -0.1) is 0 Å². The van der Waals surface area contributed by atoms with E-state index in [1.165, 1.54) is 12.1 Å². The summed E-state index contributed by atoms with van der Waals surface area (Å²) < 4.78 is 0. The fourth-order valence-corrected chi connectivity index (χ4v) is 2.08. The van der Waals surface area contributed by atoms with E-state index in [-0.39, 0.29) is 27.9 Å². The number of rotatable bonds is 5. The van der Waals surface area contributed by atoms with Crippen molar-refractivity contribution in [2.45, 2.75) is 12.8 Å². The molecular formula is C12H14ClN3O3. The maximum absolute atomic E-state index is 11.9. The van der Waals surface area contributed by atoms with Crippen molar-refractivity contribution in [1.29, 1.82) is 0 Å². The van der Waals surface area contributed by atoms with Crippen LogP contribution in [-0.2, 0) is 0 Å². The lowest BCUT2D eigenvalue weighted by molar-refractivity contribution is -0.383. The molecule has 0 aromatic heterocycles. The predicted octanol–water partition coefficient (Wildman–Crippen LogP) is 2.43. The zero-order valence-electron chi connectivity index (χ0n) is 10.4. The summed E-state index contributed by atoms with van der Waals surface area (Å²) in [5.74, 6) is 0.213. The summed E-state index contributed by atoms with van der Waals surface area (Å²) in [5.41, 5.74) is 0.216. The molecule has 2 rings (SSSR count).